The molecule has 0 bridgehead atoms. The van der Waals surface area contributed by atoms with Crippen molar-refractivity contribution in [1.82, 2.24) is 10.2 Å². The van der Waals surface area contributed by atoms with Crippen LogP contribution in [-0.4, -0.2) is 58.4 Å². The van der Waals surface area contributed by atoms with E-state index in [0.717, 1.165) is 5.56 Å². The van der Waals surface area contributed by atoms with Gasteiger partial charge in [-0.15, -0.1) is 0 Å². The number of nitrogens with zero attached hydrogens (tertiary/aromatic N) is 1. The second-order valence-corrected chi connectivity index (χ2v) is 11.2. The Morgan fingerprint density at radius 3 is 2.31 bits per heavy atom. The first-order valence-corrected chi connectivity index (χ1v) is 12.5. The van der Waals surface area contributed by atoms with Crippen LogP contribution in [0.1, 0.15) is 15.9 Å². The predicted octanol–water partition coefficient (Wildman–Crippen LogP) is 5.05. The molecular weight excluding hydrogens is 555 g/mol. The van der Waals surface area contributed by atoms with Crippen LogP contribution in [0.3, 0.4) is 0 Å². The number of carbonyl (C=O) groups is 2. The number of nitrogens with one attached hydrogen (secondary N) is 1. The molecule has 12 heteroatoms. The van der Waals surface area contributed by atoms with Crippen molar-refractivity contribution in [2.24, 2.45) is 0 Å². The van der Waals surface area contributed by atoms with Crippen molar-refractivity contribution in [3.05, 3.63) is 64.6 Å². The monoisotopic (exact) mass is 574 g/mol. The zero-order valence-electron chi connectivity index (χ0n) is 18.6. The number of methoxy groups -OCH3 is 2. The Bertz CT molecular complexity index is 1110. The minimum absolute atomic E-state index is 0.171. The molecule has 1 aliphatic rings. The largest absolute Gasteiger partial charge is 0.497 e. The normalized spacial score (nSPS) is 15.9. The molecule has 0 spiro atoms. The molecule has 2 amide bonds. The lowest BCUT2D eigenvalue weighted by atomic mass is 10.2. The molecule has 1 heterocycles. The second-order valence-electron chi connectivity index (χ2n) is 7.14. The number of hydrogen-bond acceptors (Lipinski definition) is 7. The molecule has 1 N–H and O–H groups in total. The molecule has 1 unspecified atom stereocenters. The Balaban J connectivity index is 1.69. The van der Waals surface area contributed by atoms with Crippen molar-refractivity contribution in [1.29, 1.82) is 0 Å². The van der Waals surface area contributed by atoms with Crippen molar-refractivity contribution in [2.75, 3.05) is 27.4 Å². The molecule has 0 aromatic heterocycles. The first kappa shape index (κ1) is 27.6. The fraction of sp³-hybridized carbons (Fsp3) is 0.261. The van der Waals surface area contributed by atoms with Gasteiger partial charge in [0.25, 0.3) is 11.8 Å². The van der Waals surface area contributed by atoms with Gasteiger partial charge in [-0.05, 0) is 48.0 Å². The van der Waals surface area contributed by atoms with Gasteiger partial charge >= 0.3 is 0 Å². The van der Waals surface area contributed by atoms with Crippen LogP contribution in [0.15, 0.2) is 53.4 Å². The minimum Gasteiger partial charge on any atom is -0.497 e. The minimum atomic E-state index is -1.95. The molecule has 0 radical (unpaired) electrons. The summed E-state index contributed by atoms with van der Waals surface area (Å²) in [5, 5.41) is 2.58. The number of hydrogen-bond donors (Lipinski definition) is 1. The van der Waals surface area contributed by atoms with Crippen LogP contribution in [-0.2, 0) is 9.53 Å². The quantitative estimate of drug-likeness (QED) is 0.194. The maximum absolute atomic E-state index is 12.6. The van der Waals surface area contributed by atoms with Gasteiger partial charge in [0.15, 0.2) is 0 Å². The van der Waals surface area contributed by atoms with Gasteiger partial charge in [-0.1, -0.05) is 70.9 Å². The summed E-state index contributed by atoms with van der Waals surface area (Å²) in [5.74, 6) is 0.292. The summed E-state index contributed by atoms with van der Waals surface area (Å²) in [6.45, 7) is 0.789. The van der Waals surface area contributed by atoms with E-state index >= 15 is 0 Å². The highest BCUT2D eigenvalue weighted by Crippen LogP contribution is 2.34. The zero-order valence-corrected chi connectivity index (χ0v) is 22.5. The SMILES string of the molecule is COCCN1C(=O)C(=Cc2ccc(OC(NC(=O)c3ccc(OC)cc3)C(Cl)(Cl)Cl)cc2)SC1=S. The first-order chi connectivity index (χ1) is 16.6. The van der Waals surface area contributed by atoms with Crippen LogP contribution in [0, 0.1) is 0 Å². The third-order valence-corrected chi connectivity index (χ3v) is 6.71. The molecule has 35 heavy (non-hydrogen) atoms. The van der Waals surface area contributed by atoms with Crippen molar-refractivity contribution in [3.8, 4) is 11.5 Å². The number of thioether (sulfide) groups is 1. The molecular formula is C23H21Cl3N2O5S2. The van der Waals surface area contributed by atoms with Gasteiger partial charge in [0.1, 0.15) is 15.8 Å². The van der Waals surface area contributed by atoms with Crippen LogP contribution in [0.4, 0.5) is 0 Å². The van der Waals surface area contributed by atoms with Gasteiger partial charge in [-0.2, -0.15) is 0 Å². The van der Waals surface area contributed by atoms with E-state index < -0.39 is 15.9 Å². The van der Waals surface area contributed by atoms with Gasteiger partial charge < -0.3 is 19.5 Å². The molecule has 1 fully saturated rings. The molecule has 1 atom stereocenters. The Kier molecular flexibility index (Phi) is 9.69. The van der Waals surface area contributed by atoms with E-state index in [1.807, 2.05) is 0 Å². The van der Waals surface area contributed by atoms with Crippen molar-refractivity contribution >= 4 is 81.0 Å². The highest BCUT2D eigenvalue weighted by atomic mass is 35.6. The average Bonchev–Trinajstić information content (AvgIpc) is 3.09. The van der Waals surface area contributed by atoms with Crippen LogP contribution in [0.25, 0.3) is 6.08 Å². The van der Waals surface area contributed by atoms with Crippen LogP contribution in [0.5, 0.6) is 11.5 Å². The maximum atomic E-state index is 12.6. The molecule has 0 saturated carbocycles. The van der Waals surface area contributed by atoms with Crippen LogP contribution in [0.2, 0.25) is 0 Å². The molecule has 1 saturated heterocycles. The lowest BCUT2D eigenvalue weighted by Crippen LogP contribution is -2.47. The van der Waals surface area contributed by atoms with Gasteiger partial charge in [-0.3, -0.25) is 14.5 Å². The topological polar surface area (TPSA) is 77.1 Å². The average molecular weight is 576 g/mol. The number of benzene rings is 2. The van der Waals surface area contributed by atoms with E-state index in [1.54, 1.807) is 61.7 Å². The number of carbonyl (C=O) groups excluding carboxylic acids is 2. The summed E-state index contributed by atoms with van der Waals surface area (Å²) in [7, 11) is 3.09. The summed E-state index contributed by atoms with van der Waals surface area (Å²) < 4.78 is 14.4. The molecule has 2 aromatic carbocycles. The van der Waals surface area contributed by atoms with Crippen molar-refractivity contribution < 1.29 is 23.8 Å². The van der Waals surface area contributed by atoms with Gasteiger partial charge in [0, 0.05) is 12.7 Å². The fourth-order valence-electron chi connectivity index (χ4n) is 2.93. The summed E-state index contributed by atoms with van der Waals surface area (Å²) in [5.41, 5.74) is 1.09. The molecule has 7 nitrogen and oxygen atoms in total. The van der Waals surface area contributed by atoms with Crippen LogP contribution >= 0.6 is 58.8 Å². The fourth-order valence-corrected chi connectivity index (χ4v) is 4.53. The standard InChI is InChI=1S/C23H21Cl3N2O5S2/c1-31-12-11-28-20(30)18(35-22(28)34)13-14-3-7-17(8-4-14)33-21(23(24,25)26)27-19(29)15-5-9-16(32-2)10-6-15/h3-10,13,21H,11-12H2,1-2H3,(H,27,29). The van der Waals surface area contributed by atoms with E-state index in [0.29, 0.717) is 39.4 Å². The summed E-state index contributed by atoms with van der Waals surface area (Å²) in [6.07, 6.45) is 0.457. The first-order valence-electron chi connectivity index (χ1n) is 10.1. The van der Waals surface area contributed by atoms with Crippen molar-refractivity contribution in [3.63, 3.8) is 0 Å². The number of ether oxygens (including phenoxy) is 3. The molecule has 0 aliphatic carbocycles. The van der Waals surface area contributed by atoms with Gasteiger partial charge in [0.2, 0.25) is 10.0 Å². The number of alkyl halides is 3. The maximum Gasteiger partial charge on any atom is 0.266 e. The Labute approximate surface area is 227 Å². The van der Waals surface area contributed by atoms with E-state index in [2.05, 4.69) is 5.32 Å². The molecule has 1 aliphatic heterocycles. The van der Waals surface area contributed by atoms with E-state index in [-0.39, 0.29) is 5.91 Å². The number of rotatable bonds is 9. The van der Waals surface area contributed by atoms with E-state index in [1.165, 1.54) is 23.8 Å². The third-order valence-electron chi connectivity index (χ3n) is 4.74. The summed E-state index contributed by atoms with van der Waals surface area (Å²) in [6, 6.07) is 13.2. The lowest BCUT2D eigenvalue weighted by molar-refractivity contribution is -0.122. The lowest BCUT2D eigenvalue weighted by Gasteiger charge is -2.26. The molecule has 2 aromatic rings. The predicted molar refractivity (Wildman–Crippen MR) is 143 cm³/mol. The zero-order chi connectivity index (χ0) is 25.6. The number of thiocarbonyl (C=S) groups is 1. The third kappa shape index (κ3) is 7.49. The number of halogens is 3. The van der Waals surface area contributed by atoms with E-state index in [4.69, 9.17) is 61.2 Å². The molecule has 186 valence electrons. The summed E-state index contributed by atoms with van der Waals surface area (Å²) in [4.78, 5) is 27.2. The highest BCUT2D eigenvalue weighted by Gasteiger charge is 2.36. The molecule has 3 rings (SSSR count). The Morgan fingerprint density at radius 1 is 1.11 bits per heavy atom. The van der Waals surface area contributed by atoms with E-state index in [9.17, 15) is 9.59 Å². The summed E-state index contributed by atoms with van der Waals surface area (Å²) >= 11 is 24.7. The second kappa shape index (κ2) is 12.3. The smallest absolute Gasteiger partial charge is 0.266 e. The van der Waals surface area contributed by atoms with Crippen molar-refractivity contribution in [2.45, 2.75) is 10.0 Å². The highest BCUT2D eigenvalue weighted by molar-refractivity contribution is 8.26. The Hall–Kier alpha value is -2.01. The van der Waals surface area contributed by atoms with Gasteiger partial charge in [0.05, 0.1) is 25.2 Å². The number of amides is 2. The Morgan fingerprint density at radius 2 is 1.74 bits per heavy atom. The van der Waals surface area contributed by atoms with Gasteiger partial charge in [-0.25, -0.2) is 0 Å². The van der Waals surface area contributed by atoms with Crippen LogP contribution < -0.4 is 14.8 Å².